The lowest BCUT2D eigenvalue weighted by molar-refractivity contribution is 0.373. The van der Waals surface area contributed by atoms with Crippen molar-refractivity contribution in [3.05, 3.63) is 18.1 Å². The molecular formula is C11H19N3O. The van der Waals surface area contributed by atoms with Gasteiger partial charge in [-0.2, -0.15) is 0 Å². The van der Waals surface area contributed by atoms with Gasteiger partial charge in [0.15, 0.2) is 0 Å². The number of aromatic nitrogens is 2. The number of nitrogens with zero attached hydrogens (tertiary/aromatic N) is 2. The Hall–Kier alpha value is -1.16. The fourth-order valence-corrected chi connectivity index (χ4v) is 1.60. The summed E-state index contributed by atoms with van der Waals surface area (Å²) in [5, 5.41) is 3.39. The van der Waals surface area contributed by atoms with Crippen LogP contribution in [-0.2, 0) is 0 Å². The van der Waals surface area contributed by atoms with Crippen LogP contribution in [0.1, 0.15) is 38.4 Å². The Morgan fingerprint density at radius 3 is 2.67 bits per heavy atom. The Kier molecular flexibility index (Phi) is 5.04. The summed E-state index contributed by atoms with van der Waals surface area (Å²) in [6, 6.07) is 0.239. The van der Waals surface area contributed by atoms with Crippen LogP contribution in [0.25, 0.3) is 0 Å². The van der Waals surface area contributed by atoms with E-state index in [-0.39, 0.29) is 6.04 Å². The second-order valence-electron chi connectivity index (χ2n) is 3.35. The van der Waals surface area contributed by atoms with Crippen LogP contribution in [0.5, 0.6) is 5.88 Å². The SMILES string of the molecule is CCCC(NCC)c1nccnc1OC. The van der Waals surface area contributed by atoms with Crippen LogP contribution in [0.15, 0.2) is 12.4 Å². The molecule has 1 unspecified atom stereocenters. The van der Waals surface area contributed by atoms with Gasteiger partial charge in [-0.05, 0) is 13.0 Å². The molecule has 84 valence electrons. The van der Waals surface area contributed by atoms with Crippen LogP contribution in [0.4, 0.5) is 0 Å². The van der Waals surface area contributed by atoms with Gasteiger partial charge in [0.2, 0.25) is 5.88 Å². The molecule has 0 amide bonds. The number of rotatable bonds is 6. The third kappa shape index (κ3) is 3.16. The van der Waals surface area contributed by atoms with Crippen molar-refractivity contribution in [1.29, 1.82) is 0 Å². The first-order valence-corrected chi connectivity index (χ1v) is 5.41. The van der Waals surface area contributed by atoms with Crippen molar-refractivity contribution >= 4 is 0 Å². The van der Waals surface area contributed by atoms with Crippen molar-refractivity contribution in [2.75, 3.05) is 13.7 Å². The second-order valence-corrected chi connectivity index (χ2v) is 3.35. The van der Waals surface area contributed by atoms with Gasteiger partial charge in [-0.15, -0.1) is 0 Å². The first kappa shape index (κ1) is 11.9. The maximum absolute atomic E-state index is 5.21. The largest absolute Gasteiger partial charge is 0.480 e. The molecule has 0 fully saturated rings. The van der Waals surface area contributed by atoms with Gasteiger partial charge in [-0.25, -0.2) is 4.98 Å². The summed E-state index contributed by atoms with van der Waals surface area (Å²) < 4.78 is 5.21. The highest BCUT2D eigenvalue weighted by atomic mass is 16.5. The first-order valence-electron chi connectivity index (χ1n) is 5.41. The number of ether oxygens (including phenoxy) is 1. The van der Waals surface area contributed by atoms with Crippen molar-refractivity contribution < 1.29 is 4.74 Å². The number of hydrogen-bond acceptors (Lipinski definition) is 4. The van der Waals surface area contributed by atoms with E-state index in [1.165, 1.54) is 0 Å². The summed E-state index contributed by atoms with van der Waals surface area (Å²) in [6.07, 6.45) is 5.51. The quantitative estimate of drug-likeness (QED) is 0.777. The Morgan fingerprint density at radius 2 is 2.07 bits per heavy atom. The van der Waals surface area contributed by atoms with Gasteiger partial charge in [-0.3, -0.25) is 4.98 Å². The molecule has 0 aliphatic carbocycles. The summed E-state index contributed by atoms with van der Waals surface area (Å²) in [4.78, 5) is 8.49. The zero-order chi connectivity index (χ0) is 11.1. The normalized spacial score (nSPS) is 12.5. The van der Waals surface area contributed by atoms with Gasteiger partial charge >= 0.3 is 0 Å². The first-order chi connectivity index (χ1) is 7.33. The van der Waals surface area contributed by atoms with Gasteiger partial charge in [0.05, 0.1) is 13.2 Å². The lowest BCUT2D eigenvalue weighted by atomic mass is 10.1. The molecule has 0 aliphatic heterocycles. The molecule has 4 heteroatoms. The van der Waals surface area contributed by atoms with Crippen LogP contribution in [0.2, 0.25) is 0 Å². The van der Waals surface area contributed by atoms with Gasteiger partial charge in [0.1, 0.15) is 5.69 Å². The molecule has 0 radical (unpaired) electrons. The summed E-state index contributed by atoms with van der Waals surface area (Å²) in [7, 11) is 1.63. The molecular weight excluding hydrogens is 190 g/mol. The molecule has 1 aromatic heterocycles. The van der Waals surface area contributed by atoms with E-state index in [2.05, 4.69) is 29.1 Å². The molecule has 4 nitrogen and oxygen atoms in total. The highest BCUT2D eigenvalue weighted by Crippen LogP contribution is 2.23. The Balaban J connectivity index is 2.88. The van der Waals surface area contributed by atoms with Crippen LogP contribution >= 0.6 is 0 Å². The molecule has 1 heterocycles. The van der Waals surface area contributed by atoms with E-state index in [1.807, 2.05) is 0 Å². The maximum atomic E-state index is 5.21. The van der Waals surface area contributed by atoms with E-state index >= 15 is 0 Å². The highest BCUT2D eigenvalue weighted by molar-refractivity contribution is 5.21. The zero-order valence-corrected chi connectivity index (χ0v) is 9.66. The Morgan fingerprint density at radius 1 is 1.33 bits per heavy atom. The average Bonchev–Trinajstić information content (AvgIpc) is 2.29. The standard InChI is InChI=1S/C11H19N3O/c1-4-6-9(12-5-2)10-11(15-3)14-8-7-13-10/h7-9,12H,4-6H2,1-3H3. The van der Waals surface area contributed by atoms with Gasteiger partial charge in [-0.1, -0.05) is 20.3 Å². The van der Waals surface area contributed by atoms with Crippen molar-refractivity contribution in [1.82, 2.24) is 15.3 Å². The highest BCUT2D eigenvalue weighted by Gasteiger charge is 2.16. The minimum Gasteiger partial charge on any atom is -0.480 e. The monoisotopic (exact) mass is 209 g/mol. The minimum atomic E-state index is 0.239. The molecule has 1 aromatic rings. The van der Waals surface area contributed by atoms with E-state index in [1.54, 1.807) is 19.5 Å². The predicted octanol–water partition coefficient (Wildman–Crippen LogP) is 1.94. The molecule has 0 spiro atoms. The Labute approximate surface area is 91.1 Å². The lowest BCUT2D eigenvalue weighted by Crippen LogP contribution is -2.22. The summed E-state index contributed by atoms with van der Waals surface area (Å²) >= 11 is 0. The van der Waals surface area contributed by atoms with Gasteiger partial charge in [0.25, 0.3) is 0 Å². The van der Waals surface area contributed by atoms with E-state index in [9.17, 15) is 0 Å². The van der Waals surface area contributed by atoms with Crippen molar-refractivity contribution in [2.24, 2.45) is 0 Å². The third-order valence-corrected chi connectivity index (χ3v) is 2.24. The molecule has 15 heavy (non-hydrogen) atoms. The molecule has 1 N–H and O–H groups in total. The van der Waals surface area contributed by atoms with E-state index < -0.39 is 0 Å². The van der Waals surface area contributed by atoms with Crippen molar-refractivity contribution in [2.45, 2.75) is 32.7 Å². The molecule has 1 rings (SSSR count). The van der Waals surface area contributed by atoms with E-state index in [0.29, 0.717) is 5.88 Å². The molecule has 0 saturated heterocycles. The molecule has 0 aliphatic rings. The predicted molar refractivity (Wildman–Crippen MR) is 59.9 cm³/mol. The zero-order valence-electron chi connectivity index (χ0n) is 9.66. The fraction of sp³-hybridized carbons (Fsp3) is 0.636. The molecule has 0 saturated carbocycles. The Bertz CT molecular complexity index is 285. The van der Waals surface area contributed by atoms with E-state index in [0.717, 1.165) is 25.1 Å². The van der Waals surface area contributed by atoms with Gasteiger partial charge in [0, 0.05) is 12.4 Å². The summed E-state index contributed by atoms with van der Waals surface area (Å²) in [5.74, 6) is 0.622. The topological polar surface area (TPSA) is 47.0 Å². The lowest BCUT2D eigenvalue weighted by Gasteiger charge is -2.17. The molecule has 0 bridgehead atoms. The number of methoxy groups -OCH3 is 1. The summed E-state index contributed by atoms with van der Waals surface area (Å²) in [5.41, 5.74) is 0.906. The third-order valence-electron chi connectivity index (χ3n) is 2.24. The fourth-order valence-electron chi connectivity index (χ4n) is 1.60. The van der Waals surface area contributed by atoms with Crippen LogP contribution in [-0.4, -0.2) is 23.6 Å². The van der Waals surface area contributed by atoms with Crippen LogP contribution in [0.3, 0.4) is 0 Å². The van der Waals surface area contributed by atoms with Gasteiger partial charge < -0.3 is 10.1 Å². The summed E-state index contributed by atoms with van der Waals surface area (Å²) in [6.45, 7) is 5.17. The maximum Gasteiger partial charge on any atom is 0.236 e. The number of nitrogens with one attached hydrogen (secondary N) is 1. The van der Waals surface area contributed by atoms with E-state index in [4.69, 9.17) is 4.74 Å². The number of hydrogen-bond donors (Lipinski definition) is 1. The smallest absolute Gasteiger partial charge is 0.236 e. The average molecular weight is 209 g/mol. The van der Waals surface area contributed by atoms with Crippen LogP contribution < -0.4 is 10.1 Å². The van der Waals surface area contributed by atoms with Crippen molar-refractivity contribution in [3.63, 3.8) is 0 Å². The molecule has 1 atom stereocenters. The minimum absolute atomic E-state index is 0.239. The van der Waals surface area contributed by atoms with Crippen molar-refractivity contribution in [3.8, 4) is 5.88 Å². The van der Waals surface area contributed by atoms with Crippen LogP contribution in [0, 0.1) is 0 Å². The second kappa shape index (κ2) is 6.35. The molecule has 0 aromatic carbocycles.